The molecule has 15 nitrogen and oxygen atoms in total. The molecule has 0 spiro atoms. The van der Waals surface area contributed by atoms with Crippen LogP contribution in [0.25, 0.3) is 0 Å². The lowest BCUT2D eigenvalue weighted by atomic mass is 10.1. The zero-order valence-corrected chi connectivity index (χ0v) is 26.5. The number of nitrogens with zero attached hydrogens (tertiary/aromatic N) is 2. The van der Waals surface area contributed by atoms with E-state index in [1.165, 1.54) is 15.9 Å². The number of hydrogen-bond acceptors (Lipinski definition) is 10. The lowest BCUT2D eigenvalue weighted by Gasteiger charge is -2.31. The molecule has 6 atom stereocenters. The molecule has 2 saturated carbocycles. The van der Waals surface area contributed by atoms with Gasteiger partial charge in [0.15, 0.2) is 0 Å². The number of likely N-dealkylation sites (tertiary alicyclic amines) is 2. The molecule has 0 aromatic heterocycles. The summed E-state index contributed by atoms with van der Waals surface area (Å²) in [6.45, 7) is 9.12. The van der Waals surface area contributed by atoms with Crippen LogP contribution in [0.2, 0.25) is 0 Å². The minimum absolute atomic E-state index is 0.116. The molecular formula is C29H41N5O10S. The Morgan fingerprint density at radius 1 is 1.16 bits per heavy atom. The summed E-state index contributed by atoms with van der Waals surface area (Å²) in [5.41, 5.74) is -2.37. The molecule has 5 aliphatic rings. The Morgan fingerprint density at radius 3 is 2.44 bits per heavy atom. The molecule has 5 amide bonds. The fraction of sp³-hybridized carbons (Fsp3) is 0.724. The van der Waals surface area contributed by atoms with E-state index in [9.17, 15) is 37.2 Å². The number of hydrogen-bond donors (Lipinski definition) is 3. The van der Waals surface area contributed by atoms with Gasteiger partial charge in [0.05, 0.1) is 11.8 Å². The molecule has 2 bridgehead atoms. The summed E-state index contributed by atoms with van der Waals surface area (Å²) in [4.78, 5) is 81.1. The Hall–Kier alpha value is -3.69. The molecule has 45 heavy (non-hydrogen) atoms. The standard InChI is InChI=1S/C29H41N5O10S/c1-5-16-14-29(16,26(39)32-45(41,42)18-8-9-18)31-23(36)20-7-6-12-33(20)24(37)19(30-27(40)44-28(2,3)4)10-11-22(35)34-15-17-13-21(34)25(38)43-17/h5,16-21H,1,6-15H2,2-4H3,(H,30,40)(H,31,36)(H,32,39)/t16-,17+,19+,20+,21+,29-/m1/s1. The van der Waals surface area contributed by atoms with Crippen LogP contribution in [0.15, 0.2) is 12.7 Å². The number of sulfonamides is 1. The quantitative estimate of drug-likeness (QED) is 0.199. The van der Waals surface area contributed by atoms with Gasteiger partial charge in [-0.05, 0) is 59.3 Å². The number of esters is 1. The van der Waals surface area contributed by atoms with Crippen LogP contribution in [0.1, 0.15) is 72.1 Å². The van der Waals surface area contributed by atoms with Gasteiger partial charge in [-0.2, -0.15) is 0 Å². The van der Waals surface area contributed by atoms with E-state index in [1.54, 1.807) is 20.8 Å². The monoisotopic (exact) mass is 651 g/mol. The molecule has 0 radical (unpaired) electrons. The molecule has 5 rings (SSSR count). The SMILES string of the molecule is C=C[C@@H]1C[C@]1(NC(=O)[C@@H]1CCCN1C(=O)[C@H](CCC(=O)N1C[C@@H]2C[C@H]1C(=O)O2)NC(=O)OC(C)(C)C)C(=O)NS(=O)(=O)C1CC1. The van der Waals surface area contributed by atoms with Gasteiger partial charge in [-0.3, -0.25) is 23.9 Å². The number of carbonyl (C=O) groups is 6. The highest BCUT2D eigenvalue weighted by molar-refractivity contribution is 7.91. The summed E-state index contributed by atoms with van der Waals surface area (Å²) in [6, 6.07) is -2.89. The zero-order chi connectivity index (χ0) is 32.9. The van der Waals surface area contributed by atoms with Gasteiger partial charge in [0, 0.05) is 25.3 Å². The van der Waals surface area contributed by atoms with E-state index >= 15 is 0 Å². The number of fused-ring (bicyclic) bond motifs is 2. The van der Waals surface area contributed by atoms with Crippen LogP contribution in [0.5, 0.6) is 0 Å². The van der Waals surface area contributed by atoms with Crippen LogP contribution in [0.3, 0.4) is 0 Å². The first-order chi connectivity index (χ1) is 21.0. The Bertz CT molecular complexity index is 1410. The molecule has 3 aliphatic heterocycles. The number of morpholine rings is 1. The van der Waals surface area contributed by atoms with Crippen molar-refractivity contribution < 1.29 is 46.7 Å². The van der Waals surface area contributed by atoms with E-state index in [4.69, 9.17) is 9.47 Å². The second kappa shape index (κ2) is 11.9. The topological polar surface area (TPSA) is 198 Å². The first-order valence-electron chi connectivity index (χ1n) is 15.4. The van der Waals surface area contributed by atoms with Gasteiger partial charge in [0.2, 0.25) is 27.7 Å². The molecule has 0 aromatic carbocycles. The summed E-state index contributed by atoms with van der Waals surface area (Å²) < 4.78 is 37.5. The average Bonchev–Trinajstić information content (AvgIpc) is 3.78. The van der Waals surface area contributed by atoms with Crippen LogP contribution >= 0.6 is 0 Å². The van der Waals surface area contributed by atoms with Crippen molar-refractivity contribution in [2.45, 2.75) is 113 Å². The van der Waals surface area contributed by atoms with Gasteiger partial charge in [-0.1, -0.05) is 6.08 Å². The largest absolute Gasteiger partial charge is 0.459 e. The highest BCUT2D eigenvalue weighted by atomic mass is 32.2. The third kappa shape index (κ3) is 6.94. The molecule has 3 heterocycles. The minimum Gasteiger partial charge on any atom is -0.459 e. The van der Waals surface area contributed by atoms with E-state index in [0.29, 0.717) is 25.7 Å². The van der Waals surface area contributed by atoms with Crippen molar-refractivity contribution in [3.05, 3.63) is 12.7 Å². The van der Waals surface area contributed by atoms with Crippen LogP contribution in [-0.4, -0.2) is 108 Å². The molecule has 3 N–H and O–H groups in total. The number of nitrogens with one attached hydrogen (secondary N) is 3. The van der Waals surface area contributed by atoms with Crippen LogP contribution in [0, 0.1) is 5.92 Å². The van der Waals surface area contributed by atoms with Crippen molar-refractivity contribution in [1.29, 1.82) is 0 Å². The Balaban J connectivity index is 1.27. The van der Waals surface area contributed by atoms with Crippen molar-refractivity contribution in [3.8, 4) is 0 Å². The maximum absolute atomic E-state index is 13.9. The third-order valence-electron chi connectivity index (χ3n) is 8.86. The number of rotatable bonds is 11. The summed E-state index contributed by atoms with van der Waals surface area (Å²) in [6.07, 6.45) is 2.21. The number of carbonyl (C=O) groups excluding carboxylic acids is 6. The fourth-order valence-electron chi connectivity index (χ4n) is 6.27. The molecule has 0 unspecified atom stereocenters. The first-order valence-corrected chi connectivity index (χ1v) is 16.9. The maximum atomic E-state index is 13.9. The molecule has 5 fully saturated rings. The van der Waals surface area contributed by atoms with E-state index in [-0.39, 0.29) is 50.8 Å². The van der Waals surface area contributed by atoms with E-state index in [2.05, 4.69) is 21.9 Å². The second-order valence-corrected chi connectivity index (χ2v) is 15.4. The Labute approximate surface area is 261 Å². The summed E-state index contributed by atoms with van der Waals surface area (Å²) in [5, 5.41) is 4.61. The average molecular weight is 652 g/mol. The van der Waals surface area contributed by atoms with E-state index in [1.807, 2.05) is 0 Å². The predicted molar refractivity (Wildman–Crippen MR) is 156 cm³/mol. The Kier molecular flexibility index (Phi) is 8.66. The predicted octanol–water partition coefficient (Wildman–Crippen LogP) is -0.153. The lowest BCUT2D eigenvalue weighted by Crippen LogP contribution is -2.58. The van der Waals surface area contributed by atoms with Crippen molar-refractivity contribution in [2.24, 2.45) is 5.92 Å². The highest BCUT2D eigenvalue weighted by Gasteiger charge is 2.61. The molecule has 0 aromatic rings. The van der Waals surface area contributed by atoms with Crippen molar-refractivity contribution in [3.63, 3.8) is 0 Å². The van der Waals surface area contributed by atoms with Crippen molar-refractivity contribution in [2.75, 3.05) is 13.1 Å². The van der Waals surface area contributed by atoms with E-state index < -0.39 is 80.2 Å². The molecule has 3 saturated heterocycles. The number of alkyl carbamates (subject to hydrolysis) is 1. The van der Waals surface area contributed by atoms with Gasteiger partial charge in [-0.15, -0.1) is 6.58 Å². The van der Waals surface area contributed by atoms with Crippen LogP contribution in [0.4, 0.5) is 4.79 Å². The zero-order valence-electron chi connectivity index (χ0n) is 25.7. The summed E-state index contributed by atoms with van der Waals surface area (Å²) >= 11 is 0. The van der Waals surface area contributed by atoms with Gasteiger partial charge in [0.25, 0.3) is 5.91 Å². The molecular weight excluding hydrogens is 610 g/mol. The normalized spacial score (nSPS) is 29.4. The van der Waals surface area contributed by atoms with E-state index in [0.717, 1.165) is 0 Å². The summed E-state index contributed by atoms with van der Waals surface area (Å²) in [7, 11) is -3.86. The molecule has 16 heteroatoms. The minimum atomic E-state index is -3.86. The summed E-state index contributed by atoms with van der Waals surface area (Å²) in [5.74, 6) is -3.41. The smallest absolute Gasteiger partial charge is 0.408 e. The highest BCUT2D eigenvalue weighted by Crippen LogP contribution is 2.45. The lowest BCUT2D eigenvalue weighted by molar-refractivity contribution is -0.157. The third-order valence-corrected chi connectivity index (χ3v) is 10.7. The second-order valence-electron chi connectivity index (χ2n) is 13.5. The first kappa shape index (κ1) is 32.7. The van der Waals surface area contributed by atoms with Crippen LogP contribution in [-0.2, 0) is 43.5 Å². The van der Waals surface area contributed by atoms with Gasteiger partial charge >= 0.3 is 12.1 Å². The van der Waals surface area contributed by atoms with Gasteiger partial charge in [-0.25, -0.2) is 18.0 Å². The number of amides is 5. The number of ether oxygens (including phenoxy) is 2. The Morgan fingerprint density at radius 2 is 1.87 bits per heavy atom. The van der Waals surface area contributed by atoms with Gasteiger partial charge < -0.3 is 29.9 Å². The fourth-order valence-corrected chi connectivity index (χ4v) is 7.63. The van der Waals surface area contributed by atoms with Crippen molar-refractivity contribution in [1.82, 2.24) is 25.2 Å². The molecule has 2 aliphatic carbocycles. The van der Waals surface area contributed by atoms with Crippen LogP contribution < -0.4 is 15.4 Å². The maximum Gasteiger partial charge on any atom is 0.408 e. The van der Waals surface area contributed by atoms with Crippen molar-refractivity contribution >= 4 is 45.7 Å². The molecule has 248 valence electrons. The van der Waals surface area contributed by atoms with Gasteiger partial charge in [0.1, 0.15) is 35.4 Å².